The number of nitrogens with one attached hydrogen (secondary N) is 1. The Morgan fingerprint density at radius 1 is 0.972 bits per heavy atom. The second kappa shape index (κ2) is 10.9. The molecule has 6 nitrogen and oxygen atoms in total. The molecule has 0 aliphatic carbocycles. The maximum absolute atomic E-state index is 13.4. The van der Waals surface area contributed by atoms with Crippen LogP contribution < -0.4 is 14.8 Å². The number of aromatic nitrogens is 1. The number of hydrogen-bond donors (Lipinski definition) is 1. The van der Waals surface area contributed by atoms with Crippen LogP contribution in [0.3, 0.4) is 0 Å². The Bertz CT molecular complexity index is 1280. The Hall–Kier alpha value is -3.68. The second-order valence-electron chi connectivity index (χ2n) is 8.82. The zero-order valence-electron chi connectivity index (χ0n) is 20.4. The molecule has 0 bridgehead atoms. The van der Waals surface area contributed by atoms with Gasteiger partial charge in [0.1, 0.15) is 0 Å². The minimum Gasteiger partial charge on any atom is -0.493 e. The van der Waals surface area contributed by atoms with Crippen molar-refractivity contribution in [2.75, 3.05) is 26.1 Å². The van der Waals surface area contributed by atoms with Gasteiger partial charge in [-0.15, -0.1) is 11.3 Å². The topological polar surface area (TPSA) is 63.7 Å². The molecule has 1 aromatic heterocycles. The Labute approximate surface area is 215 Å². The van der Waals surface area contributed by atoms with Crippen LogP contribution in [0.2, 0.25) is 0 Å². The molecule has 5 rings (SSSR count). The first-order valence-corrected chi connectivity index (χ1v) is 12.8. The van der Waals surface area contributed by atoms with Crippen molar-refractivity contribution >= 4 is 22.4 Å². The third-order valence-electron chi connectivity index (χ3n) is 6.49. The minimum absolute atomic E-state index is 0.0822. The zero-order valence-corrected chi connectivity index (χ0v) is 21.3. The van der Waals surface area contributed by atoms with Gasteiger partial charge in [-0.25, -0.2) is 4.98 Å². The lowest BCUT2D eigenvalue weighted by molar-refractivity contribution is -0.116. The molecule has 36 heavy (non-hydrogen) atoms. The monoisotopic (exact) mass is 499 g/mol. The molecule has 1 aliphatic rings. The molecular formula is C29H29N3O3S. The van der Waals surface area contributed by atoms with E-state index in [1.54, 1.807) is 14.2 Å². The molecule has 0 spiro atoms. The fourth-order valence-corrected chi connectivity index (χ4v) is 5.41. The number of thiazole rings is 1. The van der Waals surface area contributed by atoms with Crippen molar-refractivity contribution in [3.63, 3.8) is 0 Å². The molecule has 1 aliphatic heterocycles. The summed E-state index contributed by atoms with van der Waals surface area (Å²) in [5.41, 5.74) is 5.41. The lowest BCUT2D eigenvalue weighted by atomic mass is 9.90. The van der Waals surface area contributed by atoms with Crippen LogP contribution in [-0.4, -0.2) is 36.6 Å². The Balaban J connectivity index is 1.27. The fraction of sp³-hybridized carbons (Fsp3) is 0.241. The number of carbonyl (C=O) groups is 1. The van der Waals surface area contributed by atoms with Gasteiger partial charge in [0.15, 0.2) is 16.6 Å². The summed E-state index contributed by atoms with van der Waals surface area (Å²) in [5, 5.41) is 5.71. The summed E-state index contributed by atoms with van der Waals surface area (Å²) in [5.74, 6) is 1.04. The third-order valence-corrected chi connectivity index (χ3v) is 7.30. The van der Waals surface area contributed by atoms with Gasteiger partial charge in [0, 0.05) is 25.0 Å². The average molecular weight is 500 g/mol. The van der Waals surface area contributed by atoms with E-state index in [1.165, 1.54) is 22.5 Å². The largest absolute Gasteiger partial charge is 0.493 e. The summed E-state index contributed by atoms with van der Waals surface area (Å²) in [6.45, 7) is 2.48. The van der Waals surface area contributed by atoms with E-state index in [1.807, 2.05) is 66.0 Å². The molecule has 4 aromatic rings. The molecule has 0 radical (unpaired) electrons. The highest BCUT2D eigenvalue weighted by molar-refractivity contribution is 7.13. The quantitative estimate of drug-likeness (QED) is 0.347. The number of ether oxygens (including phenoxy) is 2. The van der Waals surface area contributed by atoms with Crippen molar-refractivity contribution in [2.24, 2.45) is 0 Å². The van der Waals surface area contributed by atoms with Crippen LogP contribution in [0.4, 0.5) is 5.13 Å². The van der Waals surface area contributed by atoms with Crippen LogP contribution in [0, 0.1) is 0 Å². The Morgan fingerprint density at radius 2 is 1.58 bits per heavy atom. The highest BCUT2D eigenvalue weighted by atomic mass is 32.1. The molecule has 0 saturated carbocycles. The highest BCUT2D eigenvalue weighted by Crippen LogP contribution is 2.34. The van der Waals surface area contributed by atoms with Gasteiger partial charge >= 0.3 is 0 Å². The molecule has 3 aromatic carbocycles. The van der Waals surface area contributed by atoms with E-state index in [4.69, 9.17) is 14.5 Å². The molecule has 0 fully saturated rings. The van der Waals surface area contributed by atoms with Crippen LogP contribution in [0.1, 0.15) is 33.9 Å². The average Bonchev–Trinajstić information content (AvgIpc) is 3.35. The summed E-state index contributed by atoms with van der Waals surface area (Å²) in [7, 11) is 3.33. The van der Waals surface area contributed by atoms with Gasteiger partial charge in [-0.05, 0) is 40.8 Å². The number of nitrogens with zero attached hydrogens (tertiary/aromatic N) is 2. The predicted molar refractivity (Wildman–Crippen MR) is 143 cm³/mol. The fourth-order valence-electron chi connectivity index (χ4n) is 4.71. The van der Waals surface area contributed by atoms with Gasteiger partial charge in [0.25, 0.3) is 0 Å². The summed E-state index contributed by atoms with van der Waals surface area (Å²) in [4.78, 5) is 20.5. The summed E-state index contributed by atoms with van der Waals surface area (Å²) in [6.07, 6.45) is 0.944. The van der Waals surface area contributed by atoms with Crippen molar-refractivity contribution in [1.82, 2.24) is 9.88 Å². The standard InChI is InChI=1S/C29H29N3O3S/c1-34-25-15-22-13-14-32(17-23(22)16-26(25)35-2)18-24-19-36-29(30-24)31-28(33)27(20-9-5-3-6-10-20)21-11-7-4-8-12-21/h3-12,15-16,19,27H,13-14,17-18H2,1-2H3,(H,30,31,33). The first-order chi connectivity index (χ1) is 17.6. The number of fused-ring (bicyclic) bond motifs is 1. The van der Waals surface area contributed by atoms with E-state index in [0.717, 1.165) is 54.4 Å². The number of carbonyl (C=O) groups excluding carboxylic acids is 1. The molecule has 7 heteroatoms. The van der Waals surface area contributed by atoms with E-state index in [9.17, 15) is 4.79 Å². The summed E-state index contributed by atoms with van der Waals surface area (Å²) < 4.78 is 10.9. The van der Waals surface area contributed by atoms with E-state index >= 15 is 0 Å². The van der Waals surface area contributed by atoms with Gasteiger partial charge in [-0.2, -0.15) is 0 Å². The number of rotatable bonds is 8. The van der Waals surface area contributed by atoms with Crippen LogP contribution in [0.25, 0.3) is 0 Å². The number of amides is 1. The van der Waals surface area contributed by atoms with Crippen molar-refractivity contribution < 1.29 is 14.3 Å². The maximum Gasteiger partial charge on any atom is 0.238 e. The van der Waals surface area contributed by atoms with Gasteiger partial charge < -0.3 is 14.8 Å². The molecule has 0 saturated heterocycles. The van der Waals surface area contributed by atoms with E-state index in [-0.39, 0.29) is 5.91 Å². The summed E-state index contributed by atoms with van der Waals surface area (Å²) in [6, 6.07) is 23.9. The van der Waals surface area contributed by atoms with Crippen LogP contribution in [-0.2, 0) is 24.3 Å². The third kappa shape index (κ3) is 5.27. The number of anilines is 1. The molecule has 184 valence electrons. The first kappa shape index (κ1) is 24.0. The van der Waals surface area contributed by atoms with Crippen LogP contribution >= 0.6 is 11.3 Å². The number of hydrogen-bond acceptors (Lipinski definition) is 6. The predicted octanol–water partition coefficient (Wildman–Crippen LogP) is 5.49. The number of benzene rings is 3. The summed E-state index contributed by atoms with van der Waals surface area (Å²) >= 11 is 1.46. The SMILES string of the molecule is COc1cc2c(cc1OC)CN(Cc1csc(NC(=O)C(c3ccccc3)c3ccccc3)n1)CC2. The minimum atomic E-state index is -0.398. The van der Waals surface area contributed by atoms with Gasteiger partial charge in [0.2, 0.25) is 5.91 Å². The van der Waals surface area contributed by atoms with Gasteiger partial charge in [-0.3, -0.25) is 9.69 Å². The normalized spacial score (nSPS) is 13.3. The van der Waals surface area contributed by atoms with Crippen molar-refractivity contribution in [3.05, 3.63) is 106 Å². The molecular weight excluding hydrogens is 470 g/mol. The molecule has 0 atom stereocenters. The van der Waals surface area contributed by atoms with E-state index in [0.29, 0.717) is 5.13 Å². The lowest BCUT2D eigenvalue weighted by Crippen LogP contribution is -2.30. The molecule has 0 unspecified atom stereocenters. The van der Waals surface area contributed by atoms with Crippen molar-refractivity contribution in [3.8, 4) is 11.5 Å². The highest BCUT2D eigenvalue weighted by Gasteiger charge is 2.24. The van der Waals surface area contributed by atoms with Gasteiger partial charge in [-0.1, -0.05) is 60.7 Å². The van der Waals surface area contributed by atoms with Crippen LogP contribution in [0.5, 0.6) is 11.5 Å². The first-order valence-electron chi connectivity index (χ1n) is 12.0. The molecule has 2 heterocycles. The molecule has 1 amide bonds. The van der Waals surface area contributed by atoms with Crippen LogP contribution in [0.15, 0.2) is 78.2 Å². The lowest BCUT2D eigenvalue weighted by Gasteiger charge is -2.29. The van der Waals surface area contributed by atoms with Crippen molar-refractivity contribution in [1.29, 1.82) is 0 Å². The van der Waals surface area contributed by atoms with Gasteiger partial charge in [0.05, 0.1) is 25.8 Å². The molecule has 1 N–H and O–H groups in total. The zero-order chi connectivity index (χ0) is 24.9. The second-order valence-corrected chi connectivity index (χ2v) is 9.68. The van der Waals surface area contributed by atoms with E-state index < -0.39 is 5.92 Å². The van der Waals surface area contributed by atoms with Crippen molar-refractivity contribution in [2.45, 2.75) is 25.4 Å². The maximum atomic E-state index is 13.4. The number of methoxy groups -OCH3 is 2. The Morgan fingerprint density at radius 3 is 2.19 bits per heavy atom. The Kier molecular flexibility index (Phi) is 7.30. The van der Waals surface area contributed by atoms with E-state index in [2.05, 4.69) is 22.3 Å². The smallest absolute Gasteiger partial charge is 0.238 e.